The lowest BCUT2D eigenvalue weighted by atomic mass is 9.95. The van der Waals surface area contributed by atoms with Gasteiger partial charge in [0, 0.05) is 24.9 Å². The number of nitrogens with zero attached hydrogens (tertiary/aromatic N) is 1. The topological polar surface area (TPSA) is 94.3 Å². The highest BCUT2D eigenvalue weighted by Gasteiger charge is 2.31. The van der Waals surface area contributed by atoms with E-state index in [4.69, 9.17) is 10.5 Å². The highest BCUT2D eigenvalue weighted by molar-refractivity contribution is 7.89. The molecule has 1 aromatic rings. The summed E-state index contributed by atoms with van der Waals surface area (Å²) in [5.74, 6) is 0.190. The minimum Gasteiger partial charge on any atom is -0.384 e. The van der Waals surface area contributed by atoms with E-state index in [2.05, 4.69) is 9.71 Å². The first-order chi connectivity index (χ1) is 8.78. The average molecular weight is 285 g/mol. The van der Waals surface area contributed by atoms with Gasteiger partial charge in [-0.15, -0.1) is 0 Å². The standard InChI is InChI=1S/C12H19N3O3S/c1-12(2)8-9(4-6-18-12)15-19(16,17)10-3-5-14-11(13)7-10/h3,5,7,9,15H,4,6,8H2,1-2H3,(H2,13,14). The van der Waals surface area contributed by atoms with E-state index >= 15 is 0 Å². The number of pyridine rings is 1. The number of nitrogen functional groups attached to an aromatic ring is 1. The molecule has 0 aliphatic carbocycles. The van der Waals surface area contributed by atoms with Crippen molar-refractivity contribution in [3.05, 3.63) is 18.3 Å². The van der Waals surface area contributed by atoms with Gasteiger partial charge in [0.15, 0.2) is 0 Å². The molecule has 7 heteroatoms. The summed E-state index contributed by atoms with van der Waals surface area (Å²) >= 11 is 0. The molecule has 3 N–H and O–H groups in total. The molecule has 0 amide bonds. The zero-order valence-electron chi connectivity index (χ0n) is 11.1. The number of sulfonamides is 1. The van der Waals surface area contributed by atoms with Crippen LogP contribution in [0.4, 0.5) is 5.82 Å². The monoisotopic (exact) mass is 285 g/mol. The van der Waals surface area contributed by atoms with Gasteiger partial charge in [-0.1, -0.05) is 0 Å². The van der Waals surface area contributed by atoms with Crippen molar-refractivity contribution in [3.63, 3.8) is 0 Å². The summed E-state index contributed by atoms with van der Waals surface area (Å²) in [7, 11) is -3.56. The Kier molecular flexibility index (Phi) is 3.80. The molecule has 2 heterocycles. The molecule has 1 aliphatic rings. The Balaban J connectivity index is 2.13. The third-order valence-electron chi connectivity index (χ3n) is 3.08. The number of hydrogen-bond acceptors (Lipinski definition) is 5. The van der Waals surface area contributed by atoms with E-state index in [1.807, 2.05) is 13.8 Å². The maximum absolute atomic E-state index is 12.2. The minimum atomic E-state index is -3.56. The fourth-order valence-electron chi connectivity index (χ4n) is 2.21. The summed E-state index contributed by atoms with van der Waals surface area (Å²) in [5.41, 5.74) is 5.21. The van der Waals surface area contributed by atoms with Crippen LogP contribution in [0.2, 0.25) is 0 Å². The Labute approximate surface area is 113 Å². The molecule has 1 saturated heterocycles. The SMILES string of the molecule is CC1(C)CC(NS(=O)(=O)c2ccnc(N)c2)CCO1. The number of aromatic nitrogens is 1. The first kappa shape index (κ1) is 14.2. The van der Waals surface area contributed by atoms with Gasteiger partial charge in [-0.05, 0) is 32.8 Å². The van der Waals surface area contributed by atoms with Crippen molar-refractivity contribution < 1.29 is 13.2 Å². The smallest absolute Gasteiger partial charge is 0.241 e. The number of nitrogens with one attached hydrogen (secondary N) is 1. The van der Waals surface area contributed by atoms with Gasteiger partial charge in [-0.2, -0.15) is 0 Å². The van der Waals surface area contributed by atoms with Crippen LogP contribution in [0.5, 0.6) is 0 Å². The Hall–Kier alpha value is -1.18. The summed E-state index contributed by atoms with van der Waals surface area (Å²) in [6.45, 7) is 4.47. The van der Waals surface area contributed by atoms with Crippen molar-refractivity contribution >= 4 is 15.8 Å². The van der Waals surface area contributed by atoms with Crippen molar-refractivity contribution in [1.29, 1.82) is 0 Å². The Morgan fingerprint density at radius 1 is 1.53 bits per heavy atom. The quantitative estimate of drug-likeness (QED) is 0.860. The molecule has 1 unspecified atom stereocenters. The third kappa shape index (κ3) is 3.65. The Bertz CT molecular complexity index is 557. The fourth-order valence-corrected chi connectivity index (χ4v) is 3.51. The van der Waals surface area contributed by atoms with Crippen molar-refractivity contribution in [2.75, 3.05) is 12.3 Å². The summed E-state index contributed by atoms with van der Waals surface area (Å²) < 4.78 is 32.7. The molecule has 0 saturated carbocycles. The maximum Gasteiger partial charge on any atom is 0.241 e. The van der Waals surface area contributed by atoms with Gasteiger partial charge >= 0.3 is 0 Å². The van der Waals surface area contributed by atoms with E-state index in [0.29, 0.717) is 19.4 Å². The van der Waals surface area contributed by atoms with E-state index in [0.717, 1.165) is 0 Å². The third-order valence-corrected chi connectivity index (χ3v) is 4.60. The second kappa shape index (κ2) is 5.07. The highest BCUT2D eigenvalue weighted by Crippen LogP contribution is 2.25. The zero-order chi connectivity index (χ0) is 14.1. The number of anilines is 1. The summed E-state index contributed by atoms with van der Waals surface area (Å²) in [5, 5.41) is 0. The molecule has 0 spiro atoms. The molecule has 0 aromatic carbocycles. The van der Waals surface area contributed by atoms with Gasteiger partial charge in [-0.3, -0.25) is 0 Å². The fraction of sp³-hybridized carbons (Fsp3) is 0.583. The van der Waals surface area contributed by atoms with Gasteiger partial charge in [0.05, 0.1) is 10.5 Å². The summed E-state index contributed by atoms with van der Waals surface area (Å²) in [6, 6.07) is 2.67. The molecular formula is C12H19N3O3S. The van der Waals surface area contributed by atoms with E-state index in [9.17, 15) is 8.42 Å². The predicted molar refractivity (Wildman–Crippen MR) is 72.0 cm³/mol. The number of nitrogens with two attached hydrogens (primary N) is 1. The lowest BCUT2D eigenvalue weighted by molar-refractivity contribution is -0.0599. The van der Waals surface area contributed by atoms with Crippen LogP contribution in [-0.4, -0.2) is 31.7 Å². The molecule has 0 radical (unpaired) electrons. The molecule has 2 rings (SSSR count). The van der Waals surface area contributed by atoms with Crippen LogP contribution >= 0.6 is 0 Å². The largest absolute Gasteiger partial charge is 0.384 e. The van der Waals surface area contributed by atoms with Gasteiger partial charge in [0.25, 0.3) is 0 Å². The van der Waals surface area contributed by atoms with Gasteiger partial charge in [0.2, 0.25) is 10.0 Å². The van der Waals surface area contributed by atoms with Crippen LogP contribution in [0.15, 0.2) is 23.2 Å². The van der Waals surface area contributed by atoms with Crippen LogP contribution in [0.1, 0.15) is 26.7 Å². The summed E-state index contributed by atoms with van der Waals surface area (Å²) in [6.07, 6.45) is 2.70. The van der Waals surface area contributed by atoms with Crippen LogP contribution < -0.4 is 10.5 Å². The van der Waals surface area contributed by atoms with Gasteiger partial charge in [-0.25, -0.2) is 18.1 Å². The van der Waals surface area contributed by atoms with E-state index in [-0.39, 0.29) is 22.4 Å². The van der Waals surface area contributed by atoms with Crippen molar-refractivity contribution in [3.8, 4) is 0 Å². The van der Waals surface area contributed by atoms with Crippen molar-refractivity contribution in [1.82, 2.24) is 9.71 Å². The first-order valence-electron chi connectivity index (χ1n) is 6.16. The Morgan fingerprint density at radius 3 is 2.89 bits per heavy atom. The van der Waals surface area contributed by atoms with E-state index in [1.165, 1.54) is 18.3 Å². The zero-order valence-corrected chi connectivity index (χ0v) is 11.9. The molecule has 19 heavy (non-hydrogen) atoms. The average Bonchev–Trinajstić information content (AvgIpc) is 2.27. The van der Waals surface area contributed by atoms with Crippen LogP contribution in [0, 0.1) is 0 Å². The highest BCUT2D eigenvalue weighted by atomic mass is 32.2. The van der Waals surface area contributed by atoms with Gasteiger partial charge < -0.3 is 10.5 Å². The maximum atomic E-state index is 12.2. The van der Waals surface area contributed by atoms with Crippen LogP contribution in [0.3, 0.4) is 0 Å². The second-order valence-electron chi connectivity index (χ2n) is 5.34. The molecular weight excluding hydrogens is 266 g/mol. The normalized spacial score (nSPS) is 23.2. The molecule has 1 aliphatic heterocycles. The predicted octanol–water partition coefficient (Wildman–Crippen LogP) is 0.900. The molecule has 1 atom stereocenters. The lowest BCUT2D eigenvalue weighted by Crippen LogP contribution is -2.45. The summed E-state index contributed by atoms with van der Waals surface area (Å²) in [4.78, 5) is 3.93. The lowest BCUT2D eigenvalue weighted by Gasteiger charge is -2.35. The number of hydrogen-bond donors (Lipinski definition) is 2. The van der Waals surface area contributed by atoms with E-state index < -0.39 is 10.0 Å². The number of rotatable bonds is 3. The first-order valence-corrected chi connectivity index (χ1v) is 7.65. The van der Waals surface area contributed by atoms with Crippen LogP contribution in [0.25, 0.3) is 0 Å². The van der Waals surface area contributed by atoms with Crippen molar-refractivity contribution in [2.45, 2.75) is 43.2 Å². The molecule has 0 bridgehead atoms. The molecule has 1 fully saturated rings. The van der Waals surface area contributed by atoms with E-state index in [1.54, 1.807) is 0 Å². The molecule has 106 valence electrons. The molecule has 6 nitrogen and oxygen atoms in total. The van der Waals surface area contributed by atoms with Crippen molar-refractivity contribution in [2.24, 2.45) is 0 Å². The Morgan fingerprint density at radius 2 is 2.26 bits per heavy atom. The second-order valence-corrected chi connectivity index (χ2v) is 7.05. The van der Waals surface area contributed by atoms with Crippen LogP contribution in [-0.2, 0) is 14.8 Å². The molecule has 1 aromatic heterocycles. The number of ether oxygens (including phenoxy) is 1. The van der Waals surface area contributed by atoms with Gasteiger partial charge in [0.1, 0.15) is 5.82 Å². The minimum absolute atomic E-state index is 0.122.